The number of carbonyl (C=O) groups excluding carboxylic acids is 4. The zero-order valence-corrected chi connectivity index (χ0v) is 21.5. The Balaban J connectivity index is 3.02. The molecule has 0 aromatic heterocycles. The first-order valence-electron chi connectivity index (χ1n) is 11.5. The number of hydrogen-bond donors (Lipinski definition) is 8. The minimum absolute atomic E-state index is 0.00960. The number of amides is 4. The van der Waals surface area contributed by atoms with E-state index in [2.05, 4.69) is 16.0 Å². The van der Waals surface area contributed by atoms with Crippen molar-refractivity contribution in [1.82, 2.24) is 16.0 Å². The lowest BCUT2D eigenvalue weighted by Crippen LogP contribution is -2.57. The summed E-state index contributed by atoms with van der Waals surface area (Å²) in [5.74, 6) is -5.63. The van der Waals surface area contributed by atoms with E-state index in [9.17, 15) is 39.0 Å². The van der Waals surface area contributed by atoms with E-state index in [4.69, 9.17) is 16.6 Å². The lowest BCUT2D eigenvalue weighted by Gasteiger charge is -2.25. The van der Waals surface area contributed by atoms with Gasteiger partial charge in [0, 0.05) is 12.8 Å². The van der Waals surface area contributed by atoms with E-state index in [-0.39, 0.29) is 25.0 Å². The number of aromatic hydroxyl groups is 1. The molecule has 4 unspecified atom stereocenters. The maximum atomic E-state index is 13.0. The van der Waals surface area contributed by atoms with Gasteiger partial charge < -0.3 is 42.7 Å². The summed E-state index contributed by atoms with van der Waals surface area (Å²) in [5, 5.41) is 35.1. The van der Waals surface area contributed by atoms with Gasteiger partial charge in [-0.05, 0) is 42.5 Å². The fourth-order valence-electron chi connectivity index (χ4n) is 3.24. The number of carbonyl (C=O) groups is 6. The minimum atomic E-state index is -1.41. The molecule has 0 bridgehead atoms. The number of carboxylic acids is 2. The zero-order valence-electron chi connectivity index (χ0n) is 20.7. The van der Waals surface area contributed by atoms with Crippen molar-refractivity contribution in [3.05, 3.63) is 29.8 Å². The molecular formula is C23H33N5O9S. The van der Waals surface area contributed by atoms with Crippen LogP contribution in [-0.4, -0.2) is 87.1 Å². The van der Waals surface area contributed by atoms with Crippen LogP contribution in [0.25, 0.3) is 0 Å². The Labute approximate surface area is 222 Å². The Morgan fingerprint density at radius 2 is 1.39 bits per heavy atom. The molecule has 4 amide bonds. The van der Waals surface area contributed by atoms with Gasteiger partial charge in [0.1, 0.15) is 23.9 Å². The predicted molar refractivity (Wildman–Crippen MR) is 137 cm³/mol. The minimum Gasteiger partial charge on any atom is -0.508 e. The first-order chi connectivity index (χ1) is 17.8. The Kier molecular flexibility index (Phi) is 13.6. The van der Waals surface area contributed by atoms with Crippen molar-refractivity contribution in [3.63, 3.8) is 0 Å². The van der Waals surface area contributed by atoms with E-state index >= 15 is 0 Å². The van der Waals surface area contributed by atoms with E-state index in [1.165, 1.54) is 36.0 Å². The van der Waals surface area contributed by atoms with Crippen molar-refractivity contribution in [2.24, 2.45) is 11.5 Å². The third kappa shape index (κ3) is 11.9. The van der Waals surface area contributed by atoms with Gasteiger partial charge in [-0.15, -0.1) is 0 Å². The summed E-state index contributed by atoms with van der Waals surface area (Å²) in [6.07, 6.45) is 0.419. The zero-order chi connectivity index (χ0) is 28.8. The third-order valence-electron chi connectivity index (χ3n) is 5.27. The van der Waals surface area contributed by atoms with Crippen molar-refractivity contribution >= 4 is 47.3 Å². The Bertz CT molecular complexity index is 1010. The second-order valence-electron chi connectivity index (χ2n) is 8.38. The van der Waals surface area contributed by atoms with Crippen molar-refractivity contribution in [2.45, 2.75) is 56.3 Å². The van der Waals surface area contributed by atoms with Gasteiger partial charge in [-0.2, -0.15) is 11.8 Å². The van der Waals surface area contributed by atoms with Gasteiger partial charge in [-0.25, -0.2) is 4.79 Å². The number of benzene rings is 1. The number of phenolic OH excluding ortho intramolecular Hbond substituents is 1. The van der Waals surface area contributed by atoms with Gasteiger partial charge in [0.2, 0.25) is 23.6 Å². The van der Waals surface area contributed by atoms with Crippen LogP contribution >= 0.6 is 11.8 Å². The van der Waals surface area contributed by atoms with Gasteiger partial charge in [0.25, 0.3) is 0 Å². The highest BCUT2D eigenvalue weighted by atomic mass is 32.2. The van der Waals surface area contributed by atoms with Gasteiger partial charge in [0.15, 0.2) is 0 Å². The van der Waals surface area contributed by atoms with Crippen molar-refractivity contribution in [3.8, 4) is 5.75 Å². The van der Waals surface area contributed by atoms with E-state index in [0.29, 0.717) is 11.3 Å². The summed E-state index contributed by atoms with van der Waals surface area (Å²) in [7, 11) is 0. The molecule has 1 aromatic carbocycles. The van der Waals surface area contributed by atoms with E-state index < -0.39 is 72.6 Å². The summed E-state index contributed by atoms with van der Waals surface area (Å²) >= 11 is 1.37. The van der Waals surface area contributed by atoms with Crippen LogP contribution in [0.4, 0.5) is 0 Å². The van der Waals surface area contributed by atoms with Crippen molar-refractivity contribution in [1.29, 1.82) is 0 Å². The molecule has 0 aliphatic heterocycles. The maximum Gasteiger partial charge on any atom is 0.326 e. The number of phenols is 1. The number of nitrogens with two attached hydrogens (primary N) is 2. The highest BCUT2D eigenvalue weighted by Gasteiger charge is 2.30. The Morgan fingerprint density at radius 3 is 1.89 bits per heavy atom. The number of rotatable bonds is 17. The molecule has 1 rings (SSSR count). The van der Waals surface area contributed by atoms with Crippen LogP contribution < -0.4 is 27.4 Å². The number of carboxylic acid groups (broad SMARTS) is 2. The molecule has 0 heterocycles. The predicted octanol–water partition coefficient (Wildman–Crippen LogP) is -1.71. The SMILES string of the molecule is CSCCC(NC(=O)C(CCC(=O)O)NC(=O)C(N)CC(N)=O)C(=O)NC(Cc1ccc(O)cc1)C(=O)O. The molecule has 15 heteroatoms. The average Bonchev–Trinajstić information content (AvgIpc) is 2.84. The highest BCUT2D eigenvalue weighted by molar-refractivity contribution is 7.98. The highest BCUT2D eigenvalue weighted by Crippen LogP contribution is 2.12. The number of primary amides is 1. The topological polar surface area (TPSA) is 251 Å². The van der Waals surface area contributed by atoms with Crippen LogP contribution in [-0.2, 0) is 35.2 Å². The van der Waals surface area contributed by atoms with E-state index in [1.807, 2.05) is 0 Å². The van der Waals surface area contributed by atoms with Crippen LogP contribution in [0.15, 0.2) is 24.3 Å². The lowest BCUT2D eigenvalue weighted by atomic mass is 10.0. The normalized spacial score (nSPS) is 13.8. The number of thioether (sulfide) groups is 1. The molecule has 0 saturated carbocycles. The molecule has 0 spiro atoms. The largest absolute Gasteiger partial charge is 0.508 e. The van der Waals surface area contributed by atoms with Gasteiger partial charge >= 0.3 is 11.9 Å². The monoisotopic (exact) mass is 555 g/mol. The molecule has 38 heavy (non-hydrogen) atoms. The van der Waals surface area contributed by atoms with E-state index in [1.54, 1.807) is 6.26 Å². The summed E-state index contributed by atoms with van der Waals surface area (Å²) < 4.78 is 0. The second-order valence-corrected chi connectivity index (χ2v) is 9.37. The summed E-state index contributed by atoms with van der Waals surface area (Å²) in [5.41, 5.74) is 11.2. The average molecular weight is 556 g/mol. The Hall–Kier alpha value is -3.85. The molecule has 0 aliphatic carbocycles. The van der Waals surface area contributed by atoms with Crippen LogP contribution in [0.3, 0.4) is 0 Å². The van der Waals surface area contributed by atoms with Gasteiger partial charge in [-0.3, -0.25) is 24.0 Å². The molecule has 10 N–H and O–H groups in total. The summed E-state index contributed by atoms with van der Waals surface area (Å²) in [6.45, 7) is 0. The van der Waals surface area contributed by atoms with Crippen molar-refractivity contribution in [2.75, 3.05) is 12.0 Å². The molecule has 1 aromatic rings. The molecule has 14 nitrogen and oxygen atoms in total. The van der Waals surface area contributed by atoms with Crippen molar-refractivity contribution < 1.29 is 44.1 Å². The fraction of sp³-hybridized carbons (Fsp3) is 0.478. The molecule has 210 valence electrons. The molecule has 0 saturated heterocycles. The first kappa shape index (κ1) is 32.2. The summed E-state index contributed by atoms with van der Waals surface area (Å²) in [4.78, 5) is 72.2. The smallest absolute Gasteiger partial charge is 0.326 e. The summed E-state index contributed by atoms with van der Waals surface area (Å²) in [6, 6.07) is 0.410. The van der Waals surface area contributed by atoms with Gasteiger partial charge in [0.05, 0.1) is 12.5 Å². The number of hydrogen-bond acceptors (Lipinski definition) is 9. The lowest BCUT2D eigenvalue weighted by molar-refractivity contribution is -0.142. The van der Waals surface area contributed by atoms with Crippen LogP contribution in [0.1, 0.15) is 31.2 Å². The number of aliphatic carboxylic acids is 2. The van der Waals surface area contributed by atoms with Gasteiger partial charge in [-0.1, -0.05) is 12.1 Å². The molecule has 0 fully saturated rings. The van der Waals surface area contributed by atoms with Crippen LogP contribution in [0, 0.1) is 0 Å². The molecule has 0 radical (unpaired) electrons. The van der Waals surface area contributed by atoms with E-state index in [0.717, 1.165) is 0 Å². The molecule has 0 aliphatic rings. The third-order valence-corrected chi connectivity index (χ3v) is 5.92. The van der Waals surface area contributed by atoms with Crippen LogP contribution in [0.5, 0.6) is 5.75 Å². The quantitative estimate of drug-likeness (QED) is 0.107. The maximum absolute atomic E-state index is 13.0. The second kappa shape index (κ2) is 16.1. The fourth-order valence-corrected chi connectivity index (χ4v) is 3.71. The Morgan fingerprint density at radius 1 is 0.868 bits per heavy atom. The molecular weight excluding hydrogens is 522 g/mol. The number of nitrogens with one attached hydrogen (secondary N) is 3. The van der Waals surface area contributed by atoms with Crippen LogP contribution in [0.2, 0.25) is 0 Å². The standard InChI is InChI=1S/C23H33N5O9S/c1-38-9-8-16(22(35)28-17(23(36)37)10-12-2-4-13(29)5-3-12)27-21(34)15(6-7-19(31)32)26-20(33)14(24)11-18(25)30/h2-5,14-17,29H,6-11,24H2,1H3,(H2,25,30)(H,26,33)(H,27,34)(H,28,35)(H,31,32)(H,36,37). The molecule has 4 atom stereocenters. The first-order valence-corrected chi connectivity index (χ1v) is 12.9.